The topological polar surface area (TPSA) is 54.0 Å². The van der Waals surface area contributed by atoms with Crippen LogP contribution in [-0.2, 0) is 18.9 Å². The van der Waals surface area contributed by atoms with Crippen LogP contribution in [0.5, 0.6) is 0 Å². The Balaban J connectivity index is 1.51. The molecule has 2 aliphatic carbocycles. The normalized spacial score (nSPS) is 32.4. The number of quaternary nitrogens is 1. The van der Waals surface area contributed by atoms with Crippen LogP contribution in [0.25, 0.3) is 0 Å². The molecule has 2 heterocycles. The number of ketones is 1. The number of allylic oxidation sites excluding steroid dienone is 1. The monoisotopic (exact) mass is 384 g/mol. The van der Waals surface area contributed by atoms with E-state index in [1.54, 1.807) is 7.11 Å². The van der Waals surface area contributed by atoms with Gasteiger partial charge < -0.3 is 14.2 Å². The van der Waals surface area contributed by atoms with Crippen molar-refractivity contribution in [1.82, 2.24) is 0 Å². The number of ether oxygens (including phenoxy) is 4. The Hall–Kier alpha value is -1.99. The number of carbonyl (C=O) groups is 1. The van der Waals surface area contributed by atoms with E-state index < -0.39 is 5.79 Å². The molecule has 2 saturated heterocycles. The van der Waals surface area contributed by atoms with Gasteiger partial charge in [-0.2, -0.15) is 0 Å². The Morgan fingerprint density at radius 3 is 2.75 bits per heavy atom. The van der Waals surface area contributed by atoms with E-state index in [4.69, 9.17) is 18.9 Å². The van der Waals surface area contributed by atoms with Crippen LogP contribution in [0, 0.1) is 0 Å². The fraction of sp³-hybridized carbons (Fsp3) is 0.500. The van der Waals surface area contributed by atoms with Gasteiger partial charge in [0.05, 0.1) is 25.7 Å². The number of rotatable bonds is 5. The van der Waals surface area contributed by atoms with Gasteiger partial charge in [0.1, 0.15) is 18.8 Å². The summed E-state index contributed by atoms with van der Waals surface area (Å²) in [6, 6.07) is 7.74. The second kappa shape index (κ2) is 6.52. The van der Waals surface area contributed by atoms with Crippen LogP contribution >= 0.6 is 0 Å². The summed E-state index contributed by atoms with van der Waals surface area (Å²) in [4.78, 5) is 13.1. The highest BCUT2D eigenvalue weighted by molar-refractivity contribution is 6.15. The van der Waals surface area contributed by atoms with Crippen molar-refractivity contribution in [2.75, 3.05) is 46.6 Å². The molecule has 0 radical (unpaired) electrons. The SMILES string of the molecule is CCOC1=CC(OC)(OC2C[N+]23CCOCC3)C=C2C(=O)c3ccccc3C12. The maximum absolute atomic E-state index is 13.1. The molecule has 1 aromatic rings. The minimum absolute atomic E-state index is 0.0296. The number of hydrogen-bond donors (Lipinski definition) is 0. The predicted molar refractivity (Wildman–Crippen MR) is 102 cm³/mol. The Morgan fingerprint density at radius 1 is 1.21 bits per heavy atom. The molecule has 4 aliphatic rings. The van der Waals surface area contributed by atoms with Gasteiger partial charge >= 0.3 is 0 Å². The lowest BCUT2D eigenvalue weighted by Crippen LogP contribution is -2.44. The van der Waals surface area contributed by atoms with Crippen molar-refractivity contribution in [3.05, 3.63) is 58.9 Å². The number of carbonyl (C=O) groups excluding carboxylic acids is 1. The molecule has 3 unspecified atom stereocenters. The Kier molecular flexibility index (Phi) is 4.21. The van der Waals surface area contributed by atoms with Gasteiger partial charge in [-0.25, -0.2) is 0 Å². The van der Waals surface area contributed by atoms with Crippen molar-refractivity contribution in [3.63, 3.8) is 0 Å². The molecule has 2 aliphatic heterocycles. The zero-order valence-corrected chi connectivity index (χ0v) is 16.3. The zero-order valence-electron chi connectivity index (χ0n) is 16.3. The van der Waals surface area contributed by atoms with Crippen LogP contribution in [0.15, 0.2) is 47.7 Å². The number of benzene rings is 1. The van der Waals surface area contributed by atoms with Gasteiger partial charge in [-0.1, -0.05) is 24.3 Å². The first-order valence-corrected chi connectivity index (χ1v) is 10.00. The molecule has 0 saturated carbocycles. The number of Topliss-reactive ketones (excluding diaryl/α,β-unsaturated/α-hetero) is 1. The lowest BCUT2D eigenvalue weighted by atomic mass is 9.88. The van der Waals surface area contributed by atoms with E-state index in [1.807, 2.05) is 43.3 Å². The third-order valence-corrected chi connectivity index (χ3v) is 6.38. The highest BCUT2D eigenvalue weighted by atomic mass is 16.7. The van der Waals surface area contributed by atoms with E-state index in [1.165, 1.54) is 0 Å². The smallest absolute Gasteiger partial charge is 0.247 e. The molecule has 6 nitrogen and oxygen atoms in total. The van der Waals surface area contributed by atoms with Crippen LogP contribution in [0.1, 0.15) is 28.8 Å². The standard InChI is InChI=1S/C22H26NO5/c1-3-27-18-13-22(25-2,28-19-14-23(19)8-10-26-11-9-23)12-17-20(18)15-6-4-5-7-16(15)21(17)24/h4-7,12-13,19-20H,3,8-11,14H2,1-2H3/q+1. The maximum Gasteiger partial charge on any atom is 0.247 e. The summed E-state index contributed by atoms with van der Waals surface area (Å²) in [6.45, 7) is 6.85. The zero-order chi connectivity index (χ0) is 19.4. The third kappa shape index (κ3) is 2.67. The summed E-state index contributed by atoms with van der Waals surface area (Å²) in [5.41, 5.74) is 2.41. The van der Waals surface area contributed by atoms with E-state index in [2.05, 4.69) is 0 Å². The molecule has 6 heteroatoms. The number of morpholine rings is 1. The molecule has 1 spiro atoms. The van der Waals surface area contributed by atoms with Crippen molar-refractivity contribution in [2.45, 2.75) is 24.9 Å². The number of fused-ring (bicyclic) bond motifs is 3. The molecule has 0 aromatic heterocycles. The van der Waals surface area contributed by atoms with Crippen LogP contribution in [0.2, 0.25) is 0 Å². The van der Waals surface area contributed by atoms with Gasteiger partial charge in [-0.3, -0.25) is 14.0 Å². The van der Waals surface area contributed by atoms with Gasteiger partial charge in [0.2, 0.25) is 12.0 Å². The van der Waals surface area contributed by atoms with E-state index >= 15 is 0 Å². The summed E-state index contributed by atoms with van der Waals surface area (Å²) in [6.07, 6.45) is 3.82. The van der Waals surface area contributed by atoms with Crippen molar-refractivity contribution in [2.24, 2.45) is 0 Å². The fourth-order valence-corrected chi connectivity index (χ4v) is 4.73. The highest BCUT2D eigenvalue weighted by Gasteiger charge is 2.60. The molecule has 3 atom stereocenters. The van der Waals surface area contributed by atoms with E-state index in [0.29, 0.717) is 12.2 Å². The van der Waals surface area contributed by atoms with Crippen molar-refractivity contribution in [3.8, 4) is 0 Å². The summed E-state index contributed by atoms with van der Waals surface area (Å²) in [5.74, 6) is -0.503. The van der Waals surface area contributed by atoms with E-state index in [0.717, 1.165) is 54.2 Å². The first-order chi connectivity index (χ1) is 13.6. The summed E-state index contributed by atoms with van der Waals surface area (Å²) < 4.78 is 24.7. The Labute approximate surface area is 164 Å². The Morgan fingerprint density at radius 2 is 2.00 bits per heavy atom. The van der Waals surface area contributed by atoms with Crippen molar-refractivity contribution in [1.29, 1.82) is 0 Å². The molecular formula is C22H26NO5+. The first kappa shape index (κ1) is 18.1. The second-order valence-corrected chi connectivity index (χ2v) is 7.89. The van der Waals surface area contributed by atoms with Gasteiger partial charge in [0.25, 0.3) is 0 Å². The minimum atomic E-state index is -1.08. The average Bonchev–Trinajstić information content (AvgIpc) is 3.27. The molecular weight excluding hydrogens is 358 g/mol. The fourth-order valence-electron chi connectivity index (χ4n) is 4.73. The lowest BCUT2D eigenvalue weighted by Gasteiger charge is -2.34. The molecule has 28 heavy (non-hydrogen) atoms. The van der Waals surface area contributed by atoms with Gasteiger partial charge in [0.15, 0.2) is 12.3 Å². The molecule has 0 bridgehead atoms. The lowest BCUT2D eigenvalue weighted by molar-refractivity contribution is -0.839. The van der Waals surface area contributed by atoms with Gasteiger partial charge in [-0.05, 0) is 18.6 Å². The maximum atomic E-state index is 13.1. The first-order valence-electron chi connectivity index (χ1n) is 10.00. The quantitative estimate of drug-likeness (QED) is 0.443. The minimum Gasteiger partial charge on any atom is -0.497 e. The predicted octanol–water partition coefficient (Wildman–Crippen LogP) is 2.37. The number of methoxy groups -OCH3 is 1. The number of nitrogens with zero attached hydrogens (tertiary/aromatic N) is 1. The molecule has 1 aromatic carbocycles. The van der Waals surface area contributed by atoms with Crippen LogP contribution < -0.4 is 0 Å². The molecule has 2 fully saturated rings. The van der Waals surface area contributed by atoms with Gasteiger partial charge in [-0.15, -0.1) is 0 Å². The highest BCUT2D eigenvalue weighted by Crippen LogP contribution is 2.48. The number of hydrogen-bond acceptors (Lipinski definition) is 5. The van der Waals surface area contributed by atoms with Crippen LogP contribution in [0.4, 0.5) is 0 Å². The van der Waals surface area contributed by atoms with E-state index in [9.17, 15) is 4.79 Å². The molecule has 0 N–H and O–H groups in total. The van der Waals surface area contributed by atoms with Gasteiger partial charge in [0, 0.05) is 24.3 Å². The second-order valence-electron chi connectivity index (χ2n) is 7.89. The molecule has 0 amide bonds. The average molecular weight is 384 g/mol. The Bertz CT molecular complexity index is 869. The summed E-state index contributed by atoms with van der Waals surface area (Å²) in [7, 11) is 1.62. The summed E-state index contributed by atoms with van der Waals surface area (Å²) >= 11 is 0. The van der Waals surface area contributed by atoms with Crippen LogP contribution in [0.3, 0.4) is 0 Å². The summed E-state index contributed by atoms with van der Waals surface area (Å²) in [5, 5.41) is 0. The van der Waals surface area contributed by atoms with Crippen molar-refractivity contribution < 1.29 is 28.2 Å². The largest absolute Gasteiger partial charge is 0.497 e. The molecule has 5 rings (SSSR count). The van der Waals surface area contributed by atoms with E-state index in [-0.39, 0.29) is 17.9 Å². The van der Waals surface area contributed by atoms with Crippen LogP contribution in [-0.4, -0.2) is 68.8 Å². The third-order valence-electron chi connectivity index (χ3n) is 6.38. The van der Waals surface area contributed by atoms with Crippen molar-refractivity contribution >= 4 is 5.78 Å². The molecule has 148 valence electrons.